The van der Waals surface area contributed by atoms with Crippen LogP contribution in [0.2, 0.25) is 5.02 Å². The van der Waals surface area contributed by atoms with Crippen LogP contribution in [0.5, 0.6) is 5.75 Å². The summed E-state index contributed by atoms with van der Waals surface area (Å²) in [5.41, 5.74) is -0.126. The topological polar surface area (TPSA) is 29.5 Å². The molecular formula is C25H27ClF3NO2. The summed E-state index contributed by atoms with van der Waals surface area (Å²) in [4.78, 5) is 15.7. The van der Waals surface area contributed by atoms with E-state index in [4.69, 9.17) is 16.3 Å². The lowest BCUT2D eigenvalue weighted by Gasteiger charge is -2.47. The third-order valence-corrected chi connectivity index (χ3v) is 7.05. The molecule has 7 heteroatoms. The zero-order valence-corrected chi connectivity index (χ0v) is 18.6. The van der Waals surface area contributed by atoms with Crippen molar-refractivity contribution in [2.24, 2.45) is 0 Å². The Morgan fingerprint density at radius 2 is 1.72 bits per heavy atom. The highest BCUT2D eigenvalue weighted by Gasteiger charge is 2.49. The molecule has 32 heavy (non-hydrogen) atoms. The van der Waals surface area contributed by atoms with Crippen molar-refractivity contribution in [1.82, 2.24) is 4.90 Å². The number of likely N-dealkylation sites (tertiary alicyclic amines) is 1. The number of carbonyl (C=O) groups excluding carboxylic acids is 1. The molecule has 0 spiro atoms. The molecule has 1 aliphatic carbocycles. The average Bonchev–Trinajstić information content (AvgIpc) is 2.74. The fourth-order valence-corrected chi connectivity index (χ4v) is 4.95. The molecule has 1 amide bonds. The molecule has 1 saturated heterocycles. The molecular weight excluding hydrogens is 439 g/mol. The third kappa shape index (κ3) is 4.75. The first-order chi connectivity index (χ1) is 15.3. The van der Waals surface area contributed by atoms with Gasteiger partial charge in [0, 0.05) is 24.0 Å². The van der Waals surface area contributed by atoms with Crippen LogP contribution in [0.3, 0.4) is 0 Å². The van der Waals surface area contributed by atoms with Crippen LogP contribution < -0.4 is 4.74 Å². The van der Waals surface area contributed by atoms with Crippen LogP contribution in [-0.2, 0) is 16.4 Å². The maximum absolute atomic E-state index is 13.7. The van der Waals surface area contributed by atoms with E-state index in [0.717, 1.165) is 62.8 Å². The molecule has 2 aromatic rings. The number of rotatable bonds is 6. The summed E-state index contributed by atoms with van der Waals surface area (Å²) >= 11 is 6.05. The van der Waals surface area contributed by atoms with Gasteiger partial charge in [-0.15, -0.1) is 0 Å². The van der Waals surface area contributed by atoms with E-state index in [1.807, 2.05) is 29.2 Å². The second kappa shape index (κ2) is 9.34. The molecule has 1 saturated carbocycles. The van der Waals surface area contributed by atoms with Crippen LogP contribution in [0.25, 0.3) is 0 Å². The van der Waals surface area contributed by atoms with Gasteiger partial charge in [-0.25, -0.2) is 0 Å². The van der Waals surface area contributed by atoms with Crippen molar-refractivity contribution in [3.63, 3.8) is 0 Å². The fraction of sp³-hybridized carbons (Fsp3) is 0.480. The van der Waals surface area contributed by atoms with E-state index >= 15 is 0 Å². The van der Waals surface area contributed by atoms with E-state index in [0.29, 0.717) is 23.8 Å². The van der Waals surface area contributed by atoms with Crippen molar-refractivity contribution in [1.29, 1.82) is 0 Å². The van der Waals surface area contributed by atoms with Gasteiger partial charge < -0.3 is 9.64 Å². The second-order valence-electron chi connectivity index (χ2n) is 8.75. The standard InChI is InChI=1S/C25H27ClF3NO2/c26-20-9-5-18(6-10-20)24(14-3-15-24)23(31)30-16-2-1-4-21(30)13-17-32-22-11-7-19(8-12-22)25(27,28)29/h5-12,21H,1-4,13-17H2. The molecule has 4 rings (SSSR count). The average molecular weight is 466 g/mol. The monoisotopic (exact) mass is 465 g/mol. The lowest BCUT2D eigenvalue weighted by molar-refractivity contribution is -0.145. The Kier molecular flexibility index (Phi) is 6.70. The number of benzene rings is 2. The molecule has 0 bridgehead atoms. The lowest BCUT2D eigenvalue weighted by Crippen LogP contribution is -2.55. The van der Waals surface area contributed by atoms with Crippen molar-refractivity contribution in [3.05, 3.63) is 64.7 Å². The van der Waals surface area contributed by atoms with E-state index in [1.165, 1.54) is 12.1 Å². The van der Waals surface area contributed by atoms with Crippen LogP contribution >= 0.6 is 11.6 Å². The van der Waals surface area contributed by atoms with Gasteiger partial charge in [-0.1, -0.05) is 30.2 Å². The number of hydrogen-bond donors (Lipinski definition) is 0. The van der Waals surface area contributed by atoms with Gasteiger partial charge in [0.1, 0.15) is 5.75 Å². The van der Waals surface area contributed by atoms with E-state index < -0.39 is 17.2 Å². The predicted molar refractivity (Wildman–Crippen MR) is 118 cm³/mol. The van der Waals surface area contributed by atoms with Crippen molar-refractivity contribution in [2.75, 3.05) is 13.2 Å². The minimum Gasteiger partial charge on any atom is -0.494 e. The van der Waals surface area contributed by atoms with E-state index in [9.17, 15) is 18.0 Å². The molecule has 1 heterocycles. The molecule has 0 radical (unpaired) electrons. The van der Waals surface area contributed by atoms with Gasteiger partial charge in [-0.2, -0.15) is 13.2 Å². The molecule has 1 unspecified atom stereocenters. The molecule has 0 N–H and O–H groups in total. The Morgan fingerprint density at radius 1 is 1.03 bits per heavy atom. The Hall–Kier alpha value is -2.21. The van der Waals surface area contributed by atoms with E-state index in [-0.39, 0.29) is 11.9 Å². The third-order valence-electron chi connectivity index (χ3n) is 6.80. The summed E-state index contributed by atoms with van der Waals surface area (Å²) in [6, 6.07) is 12.4. The zero-order valence-electron chi connectivity index (χ0n) is 17.8. The summed E-state index contributed by atoms with van der Waals surface area (Å²) in [6.45, 7) is 1.09. The van der Waals surface area contributed by atoms with Crippen molar-refractivity contribution in [3.8, 4) is 5.75 Å². The fourth-order valence-electron chi connectivity index (χ4n) is 4.82. The van der Waals surface area contributed by atoms with E-state index in [1.54, 1.807) is 0 Å². The lowest BCUT2D eigenvalue weighted by atomic mass is 9.63. The first-order valence-electron chi connectivity index (χ1n) is 11.2. The van der Waals surface area contributed by atoms with Gasteiger partial charge in [0.05, 0.1) is 17.6 Å². The van der Waals surface area contributed by atoms with Crippen LogP contribution in [0.1, 0.15) is 56.1 Å². The molecule has 0 aromatic heterocycles. The maximum Gasteiger partial charge on any atom is 0.416 e. The van der Waals surface area contributed by atoms with Crippen LogP contribution in [0, 0.1) is 0 Å². The smallest absolute Gasteiger partial charge is 0.416 e. The highest BCUT2D eigenvalue weighted by Crippen LogP contribution is 2.46. The molecule has 2 aliphatic rings. The Morgan fingerprint density at radius 3 is 2.31 bits per heavy atom. The molecule has 3 nitrogen and oxygen atoms in total. The highest BCUT2D eigenvalue weighted by atomic mass is 35.5. The Labute approximate surface area is 191 Å². The van der Waals surface area contributed by atoms with Crippen molar-refractivity contribution >= 4 is 17.5 Å². The van der Waals surface area contributed by atoms with Gasteiger partial charge in [-0.05, 0) is 74.1 Å². The Bertz CT molecular complexity index is 924. The Balaban J connectivity index is 1.40. The van der Waals surface area contributed by atoms with Crippen LogP contribution in [-0.4, -0.2) is 30.0 Å². The number of ether oxygens (including phenoxy) is 1. The van der Waals surface area contributed by atoms with Gasteiger partial charge in [0.15, 0.2) is 0 Å². The molecule has 172 valence electrons. The summed E-state index contributed by atoms with van der Waals surface area (Å²) in [6.07, 6.45) is 1.98. The minimum atomic E-state index is -4.36. The van der Waals surface area contributed by atoms with E-state index in [2.05, 4.69) is 0 Å². The quantitative estimate of drug-likeness (QED) is 0.479. The molecule has 1 atom stereocenters. The van der Waals surface area contributed by atoms with Crippen LogP contribution in [0.4, 0.5) is 13.2 Å². The van der Waals surface area contributed by atoms with Crippen molar-refractivity contribution < 1.29 is 22.7 Å². The number of amides is 1. The molecule has 1 aliphatic heterocycles. The van der Waals surface area contributed by atoms with Crippen LogP contribution in [0.15, 0.2) is 48.5 Å². The summed E-state index contributed by atoms with van der Waals surface area (Å²) in [7, 11) is 0. The largest absolute Gasteiger partial charge is 0.494 e. The predicted octanol–water partition coefficient (Wildman–Crippen LogP) is 6.63. The maximum atomic E-state index is 13.7. The van der Waals surface area contributed by atoms with Gasteiger partial charge in [-0.3, -0.25) is 4.79 Å². The number of alkyl halides is 3. The number of halogens is 4. The highest BCUT2D eigenvalue weighted by molar-refractivity contribution is 6.30. The summed E-state index contributed by atoms with van der Waals surface area (Å²) in [5.74, 6) is 0.591. The summed E-state index contributed by atoms with van der Waals surface area (Å²) < 4.78 is 43.9. The number of nitrogens with zero attached hydrogens (tertiary/aromatic N) is 1. The van der Waals surface area contributed by atoms with Crippen molar-refractivity contribution in [2.45, 2.75) is 62.6 Å². The molecule has 2 aromatic carbocycles. The first kappa shape index (κ1) is 23.0. The number of hydrogen-bond acceptors (Lipinski definition) is 2. The summed E-state index contributed by atoms with van der Waals surface area (Å²) in [5, 5.41) is 0.659. The second-order valence-corrected chi connectivity index (χ2v) is 9.19. The normalized spacial score (nSPS) is 20.5. The molecule has 2 fully saturated rings. The number of carbonyl (C=O) groups is 1. The van der Waals surface area contributed by atoms with Gasteiger partial charge in [0.2, 0.25) is 5.91 Å². The van der Waals surface area contributed by atoms with Gasteiger partial charge in [0.25, 0.3) is 0 Å². The zero-order chi connectivity index (χ0) is 22.8. The SMILES string of the molecule is O=C(N1CCCCC1CCOc1ccc(C(F)(F)F)cc1)C1(c2ccc(Cl)cc2)CCC1. The van der Waals surface area contributed by atoms with Gasteiger partial charge >= 0.3 is 6.18 Å². The first-order valence-corrected chi connectivity index (χ1v) is 11.5. The number of piperidine rings is 1. The minimum absolute atomic E-state index is 0.0791.